The summed E-state index contributed by atoms with van der Waals surface area (Å²) < 4.78 is 5.18. The zero-order valence-electron chi connectivity index (χ0n) is 11.6. The molecule has 1 rings (SSSR count). The van der Waals surface area contributed by atoms with Crippen LogP contribution in [0.15, 0.2) is 23.8 Å². The third kappa shape index (κ3) is 8.10. The van der Waals surface area contributed by atoms with E-state index in [1.807, 2.05) is 6.08 Å². The molecular weight excluding hydrogens is 224 g/mol. The summed E-state index contributed by atoms with van der Waals surface area (Å²) in [5.74, 6) is -0.0500. The standard InChI is InChI=1S/C16H26O2/c1-15-11-9-7-5-3-2-4-6-8-10-12-16(17)18-14-13-15/h5,7,13H,2-4,6,8-12,14H2,1H3/b7-5-,15-13+. The third-order valence-corrected chi connectivity index (χ3v) is 3.30. The van der Waals surface area contributed by atoms with Gasteiger partial charge in [-0.15, -0.1) is 0 Å². The molecule has 0 aromatic rings. The maximum Gasteiger partial charge on any atom is 0.306 e. The number of carbonyl (C=O) groups excluding carboxylic acids is 1. The lowest BCUT2D eigenvalue weighted by Gasteiger charge is -2.04. The first-order valence-corrected chi connectivity index (χ1v) is 7.25. The van der Waals surface area contributed by atoms with Crippen LogP contribution in [0.1, 0.15) is 64.7 Å². The molecule has 1 aliphatic heterocycles. The van der Waals surface area contributed by atoms with Crippen molar-refractivity contribution in [2.75, 3.05) is 6.61 Å². The first-order chi connectivity index (χ1) is 8.79. The smallest absolute Gasteiger partial charge is 0.306 e. The molecule has 0 N–H and O–H groups in total. The molecule has 0 amide bonds. The summed E-state index contributed by atoms with van der Waals surface area (Å²) in [6.45, 7) is 2.54. The number of allylic oxidation sites excluding steroid dienone is 3. The Kier molecular flexibility index (Phi) is 8.28. The van der Waals surface area contributed by atoms with Crippen LogP contribution in [0.5, 0.6) is 0 Å². The van der Waals surface area contributed by atoms with Crippen molar-refractivity contribution in [3.8, 4) is 0 Å². The summed E-state index contributed by atoms with van der Waals surface area (Å²) >= 11 is 0. The molecule has 0 bridgehead atoms. The number of esters is 1. The Balaban J connectivity index is 2.36. The van der Waals surface area contributed by atoms with Gasteiger partial charge in [-0.25, -0.2) is 0 Å². The summed E-state index contributed by atoms with van der Waals surface area (Å²) in [6.07, 6.45) is 16.4. The topological polar surface area (TPSA) is 26.3 Å². The molecule has 2 heteroatoms. The second kappa shape index (κ2) is 9.93. The van der Waals surface area contributed by atoms with E-state index in [4.69, 9.17) is 4.74 Å². The van der Waals surface area contributed by atoms with E-state index in [-0.39, 0.29) is 5.97 Å². The second-order valence-corrected chi connectivity index (χ2v) is 5.05. The summed E-state index contributed by atoms with van der Waals surface area (Å²) in [5.41, 5.74) is 1.31. The van der Waals surface area contributed by atoms with Gasteiger partial charge in [-0.2, -0.15) is 0 Å². The van der Waals surface area contributed by atoms with E-state index in [1.54, 1.807) is 0 Å². The normalized spacial score (nSPS) is 25.8. The molecule has 1 aliphatic rings. The SMILES string of the molecule is C/C1=C\COC(=O)CCCCCCC/C=C\CC1. The van der Waals surface area contributed by atoms with Gasteiger partial charge < -0.3 is 4.74 Å². The van der Waals surface area contributed by atoms with E-state index >= 15 is 0 Å². The lowest BCUT2D eigenvalue weighted by Crippen LogP contribution is -2.04. The van der Waals surface area contributed by atoms with E-state index in [0.29, 0.717) is 13.0 Å². The van der Waals surface area contributed by atoms with Crippen molar-refractivity contribution < 1.29 is 9.53 Å². The molecule has 0 unspecified atom stereocenters. The van der Waals surface area contributed by atoms with Gasteiger partial charge in [0.2, 0.25) is 0 Å². The van der Waals surface area contributed by atoms with Crippen molar-refractivity contribution in [2.24, 2.45) is 0 Å². The number of cyclic esters (lactones) is 1. The molecule has 2 nitrogen and oxygen atoms in total. The van der Waals surface area contributed by atoms with Crippen molar-refractivity contribution in [3.05, 3.63) is 23.8 Å². The largest absolute Gasteiger partial charge is 0.461 e. The molecule has 0 saturated heterocycles. The number of carbonyl (C=O) groups is 1. The highest BCUT2D eigenvalue weighted by Crippen LogP contribution is 2.10. The fourth-order valence-electron chi connectivity index (χ4n) is 2.06. The van der Waals surface area contributed by atoms with Crippen LogP contribution >= 0.6 is 0 Å². The maximum atomic E-state index is 11.4. The summed E-state index contributed by atoms with van der Waals surface area (Å²) in [6, 6.07) is 0. The van der Waals surface area contributed by atoms with Crippen LogP contribution in [0.25, 0.3) is 0 Å². The minimum atomic E-state index is -0.0500. The minimum absolute atomic E-state index is 0.0500. The van der Waals surface area contributed by atoms with Crippen LogP contribution in [-0.4, -0.2) is 12.6 Å². The molecule has 0 aromatic carbocycles. The lowest BCUT2D eigenvalue weighted by atomic mass is 10.1. The molecule has 0 atom stereocenters. The van der Waals surface area contributed by atoms with Crippen molar-refractivity contribution in [1.82, 2.24) is 0 Å². The van der Waals surface area contributed by atoms with Gasteiger partial charge in [0.15, 0.2) is 0 Å². The zero-order chi connectivity index (χ0) is 13.1. The molecule has 0 spiro atoms. The van der Waals surface area contributed by atoms with Crippen LogP contribution in [0, 0.1) is 0 Å². The Labute approximate surface area is 111 Å². The number of rotatable bonds is 0. The van der Waals surface area contributed by atoms with Gasteiger partial charge in [0.05, 0.1) is 0 Å². The fourth-order valence-corrected chi connectivity index (χ4v) is 2.06. The summed E-state index contributed by atoms with van der Waals surface area (Å²) in [4.78, 5) is 11.4. The highest BCUT2D eigenvalue weighted by Gasteiger charge is 2.01. The quantitative estimate of drug-likeness (QED) is 0.465. The minimum Gasteiger partial charge on any atom is -0.461 e. The average molecular weight is 250 g/mol. The highest BCUT2D eigenvalue weighted by molar-refractivity contribution is 5.69. The van der Waals surface area contributed by atoms with E-state index in [9.17, 15) is 4.79 Å². The number of hydrogen-bond donors (Lipinski definition) is 0. The molecule has 0 aliphatic carbocycles. The van der Waals surface area contributed by atoms with Gasteiger partial charge in [0, 0.05) is 6.42 Å². The van der Waals surface area contributed by atoms with Gasteiger partial charge in [-0.1, -0.05) is 37.0 Å². The van der Waals surface area contributed by atoms with Crippen molar-refractivity contribution in [3.63, 3.8) is 0 Å². The van der Waals surface area contributed by atoms with Gasteiger partial charge >= 0.3 is 5.97 Å². The second-order valence-electron chi connectivity index (χ2n) is 5.05. The Morgan fingerprint density at radius 3 is 2.56 bits per heavy atom. The summed E-state index contributed by atoms with van der Waals surface area (Å²) in [5, 5.41) is 0. The van der Waals surface area contributed by atoms with Crippen LogP contribution in [0.4, 0.5) is 0 Å². The predicted molar refractivity (Wildman–Crippen MR) is 75.4 cm³/mol. The van der Waals surface area contributed by atoms with Gasteiger partial charge in [0.25, 0.3) is 0 Å². The highest BCUT2D eigenvalue weighted by atomic mass is 16.5. The average Bonchev–Trinajstić information content (AvgIpc) is 2.34. The van der Waals surface area contributed by atoms with Crippen LogP contribution < -0.4 is 0 Å². The Hall–Kier alpha value is -1.05. The summed E-state index contributed by atoms with van der Waals surface area (Å²) in [7, 11) is 0. The molecule has 18 heavy (non-hydrogen) atoms. The molecule has 0 radical (unpaired) electrons. The predicted octanol–water partition coefficient (Wildman–Crippen LogP) is 4.56. The molecule has 1 heterocycles. The Morgan fingerprint density at radius 2 is 1.67 bits per heavy atom. The first kappa shape index (κ1) is 15.0. The maximum absolute atomic E-state index is 11.4. The fraction of sp³-hybridized carbons (Fsp3) is 0.688. The third-order valence-electron chi connectivity index (χ3n) is 3.30. The lowest BCUT2D eigenvalue weighted by molar-refractivity contribution is -0.142. The van der Waals surface area contributed by atoms with E-state index in [2.05, 4.69) is 19.1 Å². The van der Waals surface area contributed by atoms with Crippen molar-refractivity contribution in [2.45, 2.75) is 64.7 Å². The van der Waals surface area contributed by atoms with E-state index in [0.717, 1.165) is 25.7 Å². The van der Waals surface area contributed by atoms with E-state index in [1.165, 1.54) is 31.3 Å². The van der Waals surface area contributed by atoms with Crippen LogP contribution in [-0.2, 0) is 9.53 Å². The van der Waals surface area contributed by atoms with Gasteiger partial charge in [-0.3, -0.25) is 4.79 Å². The molecule has 0 saturated carbocycles. The van der Waals surface area contributed by atoms with E-state index < -0.39 is 0 Å². The molecular formula is C16H26O2. The van der Waals surface area contributed by atoms with Crippen LogP contribution in [0.2, 0.25) is 0 Å². The zero-order valence-corrected chi connectivity index (χ0v) is 11.6. The molecule has 0 aromatic heterocycles. The monoisotopic (exact) mass is 250 g/mol. The number of hydrogen-bond acceptors (Lipinski definition) is 2. The van der Waals surface area contributed by atoms with Crippen LogP contribution in [0.3, 0.4) is 0 Å². The first-order valence-electron chi connectivity index (χ1n) is 7.25. The molecule has 102 valence electrons. The number of ether oxygens (including phenoxy) is 1. The van der Waals surface area contributed by atoms with Gasteiger partial charge in [0.1, 0.15) is 6.61 Å². The van der Waals surface area contributed by atoms with Gasteiger partial charge in [-0.05, 0) is 45.1 Å². The van der Waals surface area contributed by atoms with Crippen molar-refractivity contribution >= 4 is 5.97 Å². The Bertz CT molecular complexity index is 289. The molecule has 0 fully saturated rings. The Morgan fingerprint density at radius 1 is 0.944 bits per heavy atom. The van der Waals surface area contributed by atoms with Crippen molar-refractivity contribution in [1.29, 1.82) is 0 Å².